The van der Waals surface area contributed by atoms with Gasteiger partial charge in [-0.25, -0.2) is 4.98 Å². The van der Waals surface area contributed by atoms with E-state index in [0.717, 1.165) is 65.5 Å². The largest absolute Gasteiger partial charge is 0.493 e. The van der Waals surface area contributed by atoms with Gasteiger partial charge >= 0.3 is 0 Å². The Labute approximate surface area is 216 Å². The zero-order chi connectivity index (χ0) is 25.2. The molecule has 9 heteroatoms. The molecule has 1 unspecified atom stereocenters. The number of nitrogens with zero attached hydrogens (tertiary/aromatic N) is 5. The van der Waals surface area contributed by atoms with Crippen molar-refractivity contribution in [1.82, 2.24) is 24.6 Å². The Morgan fingerprint density at radius 2 is 1.83 bits per heavy atom. The third-order valence-electron chi connectivity index (χ3n) is 7.21. The summed E-state index contributed by atoms with van der Waals surface area (Å²) in [4.78, 5) is 12.4. The minimum absolute atomic E-state index is 0.345. The minimum Gasteiger partial charge on any atom is -0.493 e. The number of H-pyrrole nitrogens is 1. The standard InChI is InChI=1S/C27H33ClN6O2/c1-18(32-8-10-33(11-9-32)24-7-5-6-22(28)19(24)2)12-23-21-13-26(35-3)27(36-4)14-25(21)34(31-23)16-20-15-29-17-30-20/h5-7,13-15,17-18H,8-12,16H2,1-4H3,(H,29,30). The van der Waals surface area contributed by atoms with E-state index in [4.69, 9.17) is 26.2 Å². The third kappa shape index (κ3) is 4.75. The molecular weight excluding hydrogens is 476 g/mol. The number of nitrogens with one attached hydrogen (secondary N) is 1. The van der Waals surface area contributed by atoms with Gasteiger partial charge in [-0.1, -0.05) is 17.7 Å². The van der Waals surface area contributed by atoms with Crippen LogP contribution < -0.4 is 14.4 Å². The number of aromatic nitrogens is 4. The van der Waals surface area contributed by atoms with E-state index in [1.807, 2.05) is 35.1 Å². The fraction of sp³-hybridized carbons (Fsp3) is 0.407. The number of piperazine rings is 1. The van der Waals surface area contributed by atoms with Crippen LogP contribution in [0.25, 0.3) is 10.9 Å². The lowest BCUT2D eigenvalue weighted by Gasteiger charge is -2.39. The van der Waals surface area contributed by atoms with Gasteiger partial charge in [0.2, 0.25) is 0 Å². The highest BCUT2D eigenvalue weighted by Crippen LogP contribution is 2.35. The number of methoxy groups -OCH3 is 2. The van der Waals surface area contributed by atoms with E-state index < -0.39 is 0 Å². The molecule has 1 aliphatic heterocycles. The first kappa shape index (κ1) is 24.5. The summed E-state index contributed by atoms with van der Waals surface area (Å²) in [6, 6.07) is 10.6. The quantitative estimate of drug-likeness (QED) is 0.377. The van der Waals surface area contributed by atoms with Crippen LogP contribution in [0.1, 0.15) is 23.9 Å². The van der Waals surface area contributed by atoms with Gasteiger partial charge in [-0.05, 0) is 37.6 Å². The van der Waals surface area contributed by atoms with Gasteiger partial charge in [0.05, 0.1) is 44.0 Å². The van der Waals surface area contributed by atoms with Crippen molar-refractivity contribution in [1.29, 1.82) is 0 Å². The number of aromatic amines is 1. The summed E-state index contributed by atoms with van der Waals surface area (Å²) in [5.41, 5.74) is 5.39. The number of ether oxygens (including phenoxy) is 2. The van der Waals surface area contributed by atoms with Crippen LogP contribution in [0.4, 0.5) is 5.69 Å². The molecule has 0 bridgehead atoms. The van der Waals surface area contributed by atoms with Crippen molar-refractivity contribution < 1.29 is 9.47 Å². The molecule has 0 saturated carbocycles. The van der Waals surface area contributed by atoms with Gasteiger partial charge in [0, 0.05) is 67.0 Å². The van der Waals surface area contributed by atoms with E-state index in [0.29, 0.717) is 24.1 Å². The number of fused-ring (bicyclic) bond motifs is 1. The van der Waals surface area contributed by atoms with Gasteiger partial charge in [0.25, 0.3) is 0 Å². The van der Waals surface area contributed by atoms with E-state index in [-0.39, 0.29) is 0 Å². The summed E-state index contributed by atoms with van der Waals surface area (Å²) < 4.78 is 13.2. The van der Waals surface area contributed by atoms with E-state index >= 15 is 0 Å². The molecule has 1 aliphatic rings. The van der Waals surface area contributed by atoms with Gasteiger partial charge in [0.1, 0.15) is 0 Å². The normalized spacial score (nSPS) is 15.4. The molecule has 1 atom stereocenters. The molecule has 1 fully saturated rings. The molecular formula is C27H33ClN6O2. The lowest BCUT2D eigenvalue weighted by molar-refractivity contribution is 0.195. The van der Waals surface area contributed by atoms with E-state index in [1.54, 1.807) is 20.5 Å². The maximum atomic E-state index is 6.37. The highest BCUT2D eigenvalue weighted by Gasteiger charge is 2.25. The zero-order valence-corrected chi connectivity index (χ0v) is 22.0. The minimum atomic E-state index is 0.345. The molecule has 1 saturated heterocycles. The number of halogens is 1. The van der Waals surface area contributed by atoms with Gasteiger partial charge in [-0.2, -0.15) is 5.10 Å². The molecule has 2 aromatic heterocycles. The van der Waals surface area contributed by atoms with Crippen LogP contribution in [0.15, 0.2) is 42.9 Å². The molecule has 1 N–H and O–H groups in total. The van der Waals surface area contributed by atoms with Crippen LogP contribution in [0.2, 0.25) is 5.02 Å². The lowest BCUT2D eigenvalue weighted by Crippen LogP contribution is -2.50. The second kappa shape index (κ2) is 10.4. The predicted molar refractivity (Wildman–Crippen MR) is 144 cm³/mol. The third-order valence-corrected chi connectivity index (χ3v) is 7.61. The Balaban J connectivity index is 1.36. The molecule has 0 radical (unpaired) electrons. The highest BCUT2D eigenvalue weighted by atomic mass is 35.5. The van der Waals surface area contributed by atoms with Crippen molar-refractivity contribution in [3.05, 3.63) is 64.8 Å². The molecule has 190 valence electrons. The number of imidazole rings is 1. The van der Waals surface area contributed by atoms with Gasteiger partial charge in [-0.15, -0.1) is 0 Å². The van der Waals surface area contributed by atoms with Gasteiger partial charge in [-0.3, -0.25) is 9.58 Å². The van der Waals surface area contributed by atoms with Gasteiger partial charge in [0.15, 0.2) is 11.5 Å². The molecule has 0 spiro atoms. The summed E-state index contributed by atoms with van der Waals surface area (Å²) in [6.07, 6.45) is 4.44. The predicted octanol–water partition coefficient (Wildman–Crippen LogP) is 4.54. The van der Waals surface area contributed by atoms with Crippen LogP contribution in [-0.2, 0) is 13.0 Å². The Hall–Kier alpha value is -3.23. The molecule has 4 aromatic rings. The molecule has 5 rings (SSSR count). The number of hydrogen-bond donors (Lipinski definition) is 1. The van der Waals surface area contributed by atoms with Crippen molar-refractivity contribution in [2.24, 2.45) is 0 Å². The summed E-state index contributed by atoms with van der Waals surface area (Å²) in [5, 5.41) is 6.95. The smallest absolute Gasteiger partial charge is 0.162 e. The fourth-order valence-electron chi connectivity index (χ4n) is 5.12. The zero-order valence-electron chi connectivity index (χ0n) is 21.3. The van der Waals surface area contributed by atoms with Crippen molar-refractivity contribution in [2.45, 2.75) is 32.9 Å². The average molecular weight is 509 g/mol. The van der Waals surface area contributed by atoms with Crippen LogP contribution >= 0.6 is 11.6 Å². The highest BCUT2D eigenvalue weighted by molar-refractivity contribution is 6.31. The monoisotopic (exact) mass is 508 g/mol. The van der Waals surface area contributed by atoms with Gasteiger partial charge < -0.3 is 19.4 Å². The first-order chi connectivity index (χ1) is 17.5. The van der Waals surface area contributed by atoms with E-state index in [9.17, 15) is 0 Å². The fourth-order valence-corrected chi connectivity index (χ4v) is 5.29. The molecule has 8 nitrogen and oxygen atoms in total. The summed E-state index contributed by atoms with van der Waals surface area (Å²) >= 11 is 6.37. The second-order valence-corrected chi connectivity index (χ2v) is 9.76. The molecule has 2 aromatic carbocycles. The SMILES string of the molecule is COc1cc2c(CC(C)N3CCN(c4cccc(Cl)c4C)CC3)nn(Cc3c[nH]cn3)c2cc1OC. The Kier molecular flexibility index (Phi) is 7.07. The summed E-state index contributed by atoms with van der Waals surface area (Å²) in [6.45, 7) is 8.92. The molecule has 36 heavy (non-hydrogen) atoms. The first-order valence-corrected chi connectivity index (χ1v) is 12.7. The maximum Gasteiger partial charge on any atom is 0.162 e. The molecule has 3 heterocycles. The number of hydrogen-bond acceptors (Lipinski definition) is 6. The van der Waals surface area contributed by atoms with Crippen LogP contribution in [0.3, 0.4) is 0 Å². The average Bonchev–Trinajstić information content (AvgIpc) is 3.53. The lowest BCUT2D eigenvalue weighted by atomic mass is 10.1. The number of rotatable bonds is 8. The van der Waals surface area contributed by atoms with Crippen molar-refractivity contribution >= 4 is 28.2 Å². The van der Waals surface area contributed by atoms with Crippen LogP contribution in [-0.4, -0.2) is 71.1 Å². The van der Waals surface area contributed by atoms with Crippen molar-refractivity contribution in [3.63, 3.8) is 0 Å². The summed E-state index contributed by atoms with van der Waals surface area (Å²) in [7, 11) is 3.33. The van der Waals surface area contributed by atoms with Crippen LogP contribution in [0, 0.1) is 6.92 Å². The Bertz CT molecular complexity index is 1330. The maximum absolute atomic E-state index is 6.37. The van der Waals surface area contributed by atoms with E-state index in [2.05, 4.69) is 39.7 Å². The molecule has 0 aliphatic carbocycles. The van der Waals surface area contributed by atoms with Crippen molar-refractivity contribution in [3.8, 4) is 11.5 Å². The molecule has 0 amide bonds. The second-order valence-electron chi connectivity index (χ2n) is 9.35. The first-order valence-electron chi connectivity index (χ1n) is 12.3. The number of benzene rings is 2. The Morgan fingerprint density at radius 3 is 2.53 bits per heavy atom. The van der Waals surface area contributed by atoms with E-state index in [1.165, 1.54) is 5.69 Å². The Morgan fingerprint density at radius 1 is 1.08 bits per heavy atom. The number of anilines is 1. The summed E-state index contributed by atoms with van der Waals surface area (Å²) in [5.74, 6) is 1.41. The topological polar surface area (TPSA) is 71.4 Å². The van der Waals surface area contributed by atoms with Crippen molar-refractivity contribution in [2.75, 3.05) is 45.3 Å². The van der Waals surface area contributed by atoms with Crippen LogP contribution in [0.5, 0.6) is 11.5 Å².